The van der Waals surface area contributed by atoms with Crippen LogP contribution < -0.4 is 10.5 Å². The van der Waals surface area contributed by atoms with Crippen LogP contribution >= 0.6 is 12.2 Å². The van der Waals surface area contributed by atoms with E-state index in [1.807, 2.05) is 4.57 Å². The van der Waals surface area contributed by atoms with Gasteiger partial charge in [-0.25, -0.2) is 4.98 Å². The lowest BCUT2D eigenvalue weighted by Gasteiger charge is -2.03. The highest BCUT2D eigenvalue weighted by molar-refractivity contribution is 7.71. The van der Waals surface area contributed by atoms with Gasteiger partial charge in [0.25, 0.3) is 0 Å². The number of imidazole rings is 1. The van der Waals surface area contributed by atoms with Crippen LogP contribution in [-0.4, -0.2) is 32.5 Å². The number of hydrogen-bond donors (Lipinski definition) is 2. The van der Waals surface area contributed by atoms with Crippen LogP contribution in [0.3, 0.4) is 0 Å². The topological polar surface area (TPSA) is 98.8 Å². The predicted molar refractivity (Wildman–Crippen MR) is 72.3 cm³/mol. The maximum atomic E-state index is 10.7. The molecule has 2 aromatic heterocycles. The van der Waals surface area contributed by atoms with E-state index in [0.717, 1.165) is 12.8 Å². The van der Waals surface area contributed by atoms with Crippen molar-refractivity contribution in [3.8, 4) is 5.88 Å². The fraction of sp³-hybridized carbons (Fsp3) is 0.455. The predicted octanol–water partition coefficient (Wildman–Crippen LogP) is 1.15. The van der Waals surface area contributed by atoms with Gasteiger partial charge >= 0.3 is 0 Å². The Morgan fingerprint density at radius 1 is 1.53 bits per heavy atom. The van der Waals surface area contributed by atoms with Gasteiger partial charge in [0.15, 0.2) is 10.4 Å². The van der Waals surface area contributed by atoms with Crippen LogP contribution in [0.2, 0.25) is 0 Å². The number of rotatable bonds is 6. The summed E-state index contributed by atoms with van der Waals surface area (Å²) in [5.74, 6) is 0.179. The summed E-state index contributed by atoms with van der Waals surface area (Å²) in [7, 11) is 1.54. The van der Waals surface area contributed by atoms with Gasteiger partial charge in [-0.15, -0.1) is 0 Å². The summed E-state index contributed by atoms with van der Waals surface area (Å²) in [6.45, 7) is 0.673. The average Bonchev–Trinajstić information content (AvgIpc) is 2.70. The maximum Gasteiger partial charge on any atom is 0.242 e. The van der Waals surface area contributed by atoms with Crippen LogP contribution in [-0.2, 0) is 11.3 Å². The van der Waals surface area contributed by atoms with E-state index in [1.165, 1.54) is 6.33 Å². The lowest BCUT2D eigenvalue weighted by atomic mass is 10.2. The summed E-state index contributed by atoms with van der Waals surface area (Å²) in [4.78, 5) is 21.9. The van der Waals surface area contributed by atoms with Gasteiger partial charge < -0.3 is 20.0 Å². The van der Waals surface area contributed by atoms with Crippen molar-refractivity contribution >= 4 is 29.3 Å². The summed E-state index contributed by atoms with van der Waals surface area (Å²) < 4.78 is 7.58. The molecule has 2 rings (SSSR count). The normalized spacial score (nSPS) is 10.8. The second kappa shape index (κ2) is 5.79. The second-order valence-electron chi connectivity index (χ2n) is 4.09. The Morgan fingerprint density at radius 2 is 2.32 bits per heavy atom. The first-order valence-electron chi connectivity index (χ1n) is 5.89. The van der Waals surface area contributed by atoms with Gasteiger partial charge in [0.1, 0.15) is 11.8 Å². The van der Waals surface area contributed by atoms with E-state index in [-0.39, 0.29) is 5.91 Å². The largest absolute Gasteiger partial charge is 0.479 e. The Kier molecular flexibility index (Phi) is 4.10. The molecule has 2 heterocycles. The fourth-order valence-corrected chi connectivity index (χ4v) is 2.16. The zero-order valence-corrected chi connectivity index (χ0v) is 11.4. The summed E-state index contributed by atoms with van der Waals surface area (Å²) in [5, 5.41) is 0. The Hall–Kier alpha value is -1.96. The number of methoxy groups -OCH3 is 1. The Labute approximate surface area is 114 Å². The molecule has 0 bridgehead atoms. The first-order chi connectivity index (χ1) is 9.13. The summed E-state index contributed by atoms with van der Waals surface area (Å²) in [5.41, 5.74) is 6.49. The van der Waals surface area contributed by atoms with Gasteiger partial charge in [-0.1, -0.05) is 0 Å². The van der Waals surface area contributed by atoms with E-state index in [9.17, 15) is 4.79 Å². The van der Waals surface area contributed by atoms with Crippen LogP contribution in [0.4, 0.5) is 0 Å². The number of nitrogens with two attached hydrogens (primary N) is 1. The molecule has 1 amide bonds. The standard InChI is InChI=1S/C11H15N5O2S/c1-18-10-8-9(13-6-14-10)16(11(19)15-8)5-3-2-4-7(12)17/h6H,2-5H2,1H3,(H2,12,17)(H,15,19). The SMILES string of the molecule is COc1ncnc2c1[nH]c(=S)n2CCCCC(N)=O. The molecule has 0 saturated heterocycles. The van der Waals surface area contributed by atoms with Crippen molar-refractivity contribution in [1.82, 2.24) is 19.5 Å². The van der Waals surface area contributed by atoms with Gasteiger partial charge in [-0.2, -0.15) is 4.98 Å². The third-order valence-electron chi connectivity index (χ3n) is 2.77. The quantitative estimate of drug-likeness (QED) is 0.611. The van der Waals surface area contributed by atoms with E-state index < -0.39 is 0 Å². The first kappa shape index (κ1) is 13.5. The zero-order chi connectivity index (χ0) is 13.8. The van der Waals surface area contributed by atoms with E-state index in [2.05, 4.69) is 15.0 Å². The number of amides is 1. The van der Waals surface area contributed by atoms with Gasteiger partial charge in [0, 0.05) is 13.0 Å². The van der Waals surface area contributed by atoms with E-state index in [1.54, 1.807) is 7.11 Å². The molecule has 19 heavy (non-hydrogen) atoms. The van der Waals surface area contributed by atoms with E-state index in [4.69, 9.17) is 22.7 Å². The Morgan fingerprint density at radius 3 is 3.00 bits per heavy atom. The number of nitrogens with one attached hydrogen (secondary N) is 1. The van der Waals surface area contributed by atoms with Crippen LogP contribution in [0.5, 0.6) is 5.88 Å². The number of nitrogens with zero attached hydrogens (tertiary/aromatic N) is 3. The Bertz CT molecular complexity index is 648. The molecule has 0 spiro atoms. The molecule has 0 aliphatic carbocycles. The van der Waals surface area contributed by atoms with Gasteiger partial charge in [0.2, 0.25) is 11.8 Å². The number of carbonyl (C=O) groups is 1. The number of carbonyl (C=O) groups excluding carboxylic acids is 1. The number of primary amides is 1. The number of fused-ring (bicyclic) bond motifs is 1. The molecule has 0 fully saturated rings. The van der Waals surface area contributed by atoms with Crippen molar-refractivity contribution in [2.45, 2.75) is 25.8 Å². The number of hydrogen-bond acceptors (Lipinski definition) is 5. The number of H-pyrrole nitrogens is 1. The first-order valence-corrected chi connectivity index (χ1v) is 6.30. The monoisotopic (exact) mass is 281 g/mol. The van der Waals surface area contributed by atoms with Crippen molar-refractivity contribution in [3.05, 3.63) is 11.1 Å². The lowest BCUT2D eigenvalue weighted by Crippen LogP contribution is -2.10. The molecule has 2 aromatic rings. The van der Waals surface area contributed by atoms with Crippen molar-refractivity contribution in [2.75, 3.05) is 7.11 Å². The minimum absolute atomic E-state index is 0.286. The number of aromatic amines is 1. The fourth-order valence-electron chi connectivity index (χ4n) is 1.88. The lowest BCUT2D eigenvalue weighted by molar-refractivity contribution is -0.118. The molecule has 0 unspecified atom stereocenters. The molecular weight excluding hydrogens is 266 g/mol. The van der Waals surface area contributed by atoms with Crippen molar-refractivity contribution in [3.63, 3.8) is 0 Å². The van der Waals surface area contributed by atoms with E-state index >= 15 is 0 Å². The summed E-state index contributed by atoms with van der Waals surface area (Å²) in [6, 6.07) is 0. The average molecular weight is 281 g/mol. The summed E-state index contributed by atoms with van der Waals surface area (Å²) in [6.07, 6.45) is 3.35. The minimum Gasteiger partial charge on any atom is -0.479 e. The Balaban J connectivity index is 2.21. The maximum absolute atomic E-state index is 10.7. The molecular formula is C11H15N5O2S. The van der Waals surface area contributed by atoms with Crippen LogP contribution in [0.1, 0.15) is 19.3 Å². The highest BCUT2D eigenvalue weighted by Gasteiger charge is 2.10. The zero-order valence-electron chi connectivity index (χ0n) is 10.5. The van der Waals surface area contributed by atoms with Crippen LogP contribution in [0.15, 0.2) is 6.33 Å². The van der Waals surface area contributed by atoms with Gasteiger partial charge in [-0.05, 0) is 25.1 Å². The number of ether oxygens (including phenoxy) is 1. The van der Waals surface area contributed by atoms with Crippen molar-refractivity contribution in [2.24, 2.45) is 5.73 Å². The molecule has 0 aromatic carbocycles. The number of unbranched alkanes of at least 4 members (excludes halogenated alkanes) is 1. The van der Waals surface area contributed by atoms with Gasteiger partial charge in [0.05, 0.1) is 7.11 Å². The molecule has 8 heteroatoms. The van der Waals surface area contributed by atoms with Crippen molar-refractivity contribution < 1.29 is 9.53 Å². The third-order valence-corrected chi connectivity index (χ3v) is 3.10. The van der Waals surface area contributed by atoms with Crippen molar-refractivity contribution in [1.29, 1.82) is 0 Å². The molecule has 3 N–H and O–H groups in total. The smallest absolute Gasteiger partial charge is 0.242 e. The summed E-state index contributed by atoms with van der Waals surface area (Å²) >= 11 is 5.25. The molecule has 0 aliphatic heterocycles. The minimum atomic E-state index is -0.286. The third kappa shape index (κ3) is 2.90. The molecule has 0 radical (unpaired) electrons. The number of aryl methyl sites for hydroxylation is 1. The molecule has 0 saturated carbocycles. The highest BCUT2D eigenvalue weighted by Crippen LogP contribution is 2.20. The molecule has 0 atom stereocenters. The molecule has 0 aliphatic rings. The van der Waals surface area contributed by atoms with Crippen LogP contribution in [0.25, 0.3) is 11.2 Å². The van der Waals surface area contributed by atoms with Gasteiger partial charge in [-0.3, -0.25) is 4.79 Å². The molecule has 7 nitrogen and oxygen atoms in total. The number of aromatic nitrogens is 4. The van der Waals surface area contributed by atoms with E-state index in [0.29, 0.717) is 34.8 Å². The molecule has 102 valence electrons. The second-order valence-corrected chi connectivity index (χ2v) is 4.47. The van der Waals surface area contributed by atoms with Crippen LogP contribution in [0, 0.1) is 4.77 Å². The highest BCUT2D eigenvalue weighted by atomic mass is 32.1.